The molecule has 1 fully saturated rings. The molecule has 5 nitrogen and oxygen atoms in total. The highest BCUT2D eigenvalue weighted by molar-refractivity contribution is 5.64. The van der Waals surface area contributed by atoms with Crippen molar-refractivity contribution in [3.8, 4) is 11.8 Å². The van der Waals surface area contributed by atoms with Gasteiger partial charge in [0.25, 0.3) is 0 Å². The molecule has 0 amide bonds. The Hall–Kier alpha value is -1.77. The molecule has 1 saturated heterocycles. The fourth-order valence-corrected chi connectivity index (χ4v) is 2.31. The van der Waals surface area contributed by atoms with Gasteiger partial charge in [0.15, 0.2) is 5.75 Å². The molecule has 1 aliphatic rings. The summed E-state index contributed by atoms with van der Waals surface area (Å²) >= 11 is 0. The highest BCUT2D eigenvalue weighted by Crippen LogP contribution is 2.30. The number of phenolic OH excluding ortho intramolecular Hbond substituents is 1. The van der Waals surface area contributed by atoms with Crippen LogP contribution in [-0.4, -0.2) is 56.4 Å². The van der Waals surface area contributed by atoms with Gasteiger partial charge in [-0.3, -0.25) is 4.90 Å². The van der Waals surface area contributed by atoms with Crippen LogP contribution in [0.15, 0.2) is 18.2 Å². The van der Waals surface area contributed by atoms with E-state index in [2.05, 4.69) is 9.80 Å². The topological polar surface area (TPSA) is 59.7 Å². The molecule has 2 rings (SSSR count). The van der Waals surface area contributed by atoms with Crippen molar-refractivity contribution in [3.05, 3.63) is 23.8 Å². The van der Waals surface area contributed by atoms with E-state index < -0.39 is 0 Å². The van der Waals surface area contributed by atoms with Crippen LogP contribution < -0.4 is 4.90 Å². The van der Waals surface area contributed by atoms with E-state index in [1.54, 1.807) is 13.2 Å². The third-order valence-electron chi connectivity index (χ3n) is 3.46. The van der Waals surface area contributed by atoms with Gasteiger partial charge in [-0.25, -0.2) is 0 Å². The molecule has 1 heterocycles. The number of methoxy groups -OCH3 is 1. The number of piperazine rings is 1. The van der Waals surface area contributed by atoms with Crippen LogP contribution in [0.3, 0.4) is 0 Å². The number of nitrogens with zero attached hydrogens (tertiary/aromatic N) is 3. The third kappa shape index (κ3) is 3.16. The maximum atomic E-state index is 10.1. The molecule has 0 bridgehead atoms. The minimum Gasteiger partial charge on any atom is -0.504 e. The van der Waals surface area contributed by atoms with Gasteiger partial charge in [0.1, 0.15) is 6.07 Å². The highest BCUT2D eigenvalue weighted by Gasteiger charge is 2.19. The van der Waals surface area contributed by atoms with E-state index >= 15 is 0 Å². The average molecular weight is 261 g/mol. The van der Waals surface area contributed by atoms with Crippen LogP contribution in [0.1, 0.15) is 5.56 Å². The SMILES string of the molecule is COCCN1CCN(c2cccc(C#N)c2O)CC1. The molecule has 0 spiro atoms. The molecule has 0 unspecified atom stereocenters. The molecule has 1 N–H and O–H groups in total. The molecule has 0 aliphatic carbocycles. The molecular formula is C14H19N3O2. The summed E-state index contributed by atoms with van der Waals surface area (Å²) in [6.07, 6.45) is 0. The summed E-state index contributed by atoms with van der Waals surface area (Å²) in [5, 5.41) is 19.0. The number of rotatable bonds is 4. The second kappa shape index (κ2) is 6.41. The van der Waals surface area contributed by atoms with Crippen molar-refractivity contribution in [2.24, 2.45) is 0 Å². The molecule has 0 saturated carbocycles. The van der Waals surface area contributed by atoms with Crippen molar-refractivity contribution in [3.63, 3.8) is 0 Å². The lowest BCUT2D eigenvalue weighted by atomic mass is 10.1. The van der Waals surface area contributed by atoms with Crippen LogP contribution in [0, 0.1) is 11.3 Å². The smallest absolute Gasteiger partial charge is 0.156 e. The van der Waals surface area contributed by atoms with Crippen molar-refractivity contribution in [1.82, 2.24) is 4.90 Å². The first-order valence-corrected chi connectivity index (χ1v) is 6.44. The largest absolute Gasteiger partial charge is 0.504 e. The van der Waals surface area contributed by atoms with Crippen molar-refractivity contribution in [2.75, 3.05) is 51.3 Å². The number of aromatic hydroxyl groups is 1. The normalized spacial score (nSPS) is 16.3. The zero-order valence-corrected chi connectivity index (χ0v) is 11.2. The quantitative estimate of drug-likeness (QED) is 0.877. The van der Waals surface area contributed by atoms with E-state index in [9.17, 15) is 5.11 Å². The van der Waals surface area contributed by atoms with Crippen LogP contribution >= 0.6 is 0 Å². The summed E-state index contributed by atoms with van der Waals surface area (Å²) < 4.78 is 5.07. The first-order chi connectivity index (χ1) is 9.26. The first-order valence-electron chi connectivity index (χ1n) is 6.44. The zero-order chi connectivity index (χ0) is 13.7. The minimum absolute atomic E-state index is 0.0929. The van der Waals surface area contributed by atoms with E-state index in [0.717, 1.165) is 45.0 Å². The van der Waals surface area contributed by atoms with Gasteiger partial charge in [-0.2, -0.15) is 5.26 Å². The number of hydrogen-bond acceptors (Lipinski definition) is 5. The van der Waals surface area contributed by atoms with Crippen LogP contribution in [-0.2, 0) is 4.74 Å². The Labute approximate surface area is 113 Å². The van der Waals surface area contributed by atoms with Gasteiger partial charge in [0.05, 0.1) is 17.9 Å². The third-order valence-corrected chi connectivity index (χ3v) is 3.46. The van der Waals surface area contributed by atoms with Gasteiger partial charge in [-0.1, -0.05) is 6.07 Å². The zero-order valence-electron chi connectivity index (χ0n) is 11.2. The molecule has 0 radical (unpaired) electrons. The van der Waals surface area contributed by atoms with Gasteiger partial charge in [0.2, 0.25) is 0 Å². The number of para-hydroxylation sites is 1. The number of nitriles is 1. The summed E-state index contributed by atoms with van der Waals surface area (Å²) in [5.74, 6) is 0.0929. The summed E-state index contributed by atoms with van der Waals surface area (Å²) in [4.78, 5) is 4.46. The van der Waals surface area contributed by atoms with Crippen molar-refractivity contribution in [2.45, 2.75) is 0 Å². The standard InChI is InChI=1S/C14H19N3O2/c1-19-10-9-16-5-7-17(8-6-16)13-4-2-3-12(11-15)14(13)18/h2-4,18H,5-10H2,1H3. The van der Waals surface area contributed by atoms with E-state index in [0.29, 0.717) is 5.56 Å². The van der Waals surface area contributed by atoms with Crippen LogP contribution in [0.5, 0.6) is 5.75 Å². The lowest BCUT2D eigenvalue weighted by molar-refractivity contribution is 0.144. The Balaban J connectivity index is 2.00. The number of hydrogen-bond donors (Lipinski definition) is 1. The highest BCUT2D eigenvalue weighted by atomic mass is 16.5. The Kier molecular flexibility index (Phi) is 4.61. The Morgan fingerprint density at radius 1 is 1.32 bits per heavy atom. The van der Waals surface area contributed by atoms with Crippen molar-refractivity contribution in [1.29, 1.82) is 5.26 Å². The van der Waals surface area contributed by atoms with Crippen LogP contribution in [0.2, 0.25) is 0 Å². The maximum Gasteiger partial charge on any atom is 0.156 e. The summed E-state index contributed by atoms with van der Waals surface area (Å²) in [5.41, 5.74) is 1.09. The second-order valence-electron chi connectivity index (χ2n) is 4.61. The lowest BCUT2D eigenvalue weighted by Gasteiger charge is -2.36. The van der Waals surface area contributed by atoms with Gasteiger partial charge >= 0.3 is 0 Å². The summed E-state index contributed by atoms with van der Waals surface area (Å²) in [7, 11) is 1.71. The molecule has 0 atom stereocenters. The molecule has 19 heavy (non-hydrogen) atoms. The van der Waals surface area contributed by atoms with E-state index in [-0.39, 0.29) is 5.75 Å². The average Bonchev–Trinajstić information content (AvgIpc) is 2.46. The summed E-state index contributed by atoms with van der Waals surface area (Å²) in [6.45, 7) is 5.28. The van der Waals surface area contributed by atoms with Crippen LogP contribution in [0.25, 0.3) is 0 Å². The number of anilines is 1. The van der Waals surface area contributed by atoms with Gasteiger partial charge < -0.3 is 14.7 Å². The van der Waals surface area contributed by atoms with E-state index in [4.69, 9.17) is 10.00 Å². The first kappa shape index (κ1) is 13.7. The fourth-order valence-electron chi connectivity index (χ4n) is 2.31. The van der Waals surface area contributed by atoms with E-state index in [1.807, 2.05) is 18.2 Å². The predicted molar refractivity (Wildman–Crippen MR) is 73.4 cm³/mol. The Morgan fingerprint density at radius 3 is 2.68 bits per heavy atom. The van der Waals surface area contributed by atoms with Crippen molar-refractivity contribution < 1.29 is 9.84 Å². The van der Waals surface area contributed by atoms with Crippen LogP contribution in [0.4, 0.5) is 5.69 Å². The van der Waals surface area contributed by atoms with Gasteiger partial charge in [0, 0.05) is 39.8 Å². The molecule has 1 aliphatic heterocycles. The van der Waals surface area contributed by atoms with E-state index in [1.165, 1.54) is 0 Å². The molecule has 102 valence electrons. The van der Waals surface area contributed by atoms with Gasteiger partial charge in [-0.15, -0.1) is 0 Å². The minimum atomic E-state index is 0.0929. The lowest BCUT2D eigenvalue weighted by Crippen LogP contribution is -2.47. The molecule has 5 heteroatoms. The number of benzene rings is 1. The monoisotopic (exact) mass is 261 g/mol. The molecular weight excluding hydrogens is 242 g/mol. The maximum absolute atomic E-state index is 10.1. The second-order valence-corrected chi connectivity index (χ2v) is 4.61. The van der Waals surface area contributed by atoms with Crippen molar-refractivity contribution >= 4 is 5.69 Å². The predicted octanol–water partition coefficient (Wildman–Crippen LogP) is 1.03. The number of ether oxygens (including phenoxy) is 1. The molecule has 0 aromatic heterocycles. The Morgan fingerprint density at radius 2 is 2.05 bits per heavy atom. The summed E-state index contributed by atoms with van der Waals surface area (Å²) in [6, 6.07) is 7.31. The Bertz CT molecular complexity index is 462. The molecule has 1 aromatic carbocycles. The molecule has 1 aromatic rings. The number of phenols is 1. The fraction of sp³-hybridized carbons (Fsp3) is 0.500. The van der Waals surface area contributed by atoms with Gasteiger partial charge in [-0.05, 0) is 12.1 Å².